The van der Waals surface area contributed by atoms with Crippen LogP contribution in [0.1, 0.15) is 22.3 Å². The van der Waals surface area contributed by atoms with Gasteiger partial charge in [0.25, 0.3) is 5.91 Å². The number of aromatic hydroxyl groups is 1. The Morgan fingerprint density at radius 3 is 2.29 bits per heavy atom. The molecule has 0 heterocycles. The molecule has 0 atom stereocenters. The molecule has 0 aromatic heterocycles. The molecule has 144 valence electrons. The number of aryl methyl sites for hydroxylation is 1. The van der Waals surface area contributed by atoms with E-state index in [1.54, 1.807) is 30.3 Å². The lowest BCUT2D eigenvalue weighted by Crippen LogP contribution is -2.25. The first-order chi connectivity index (χ1) is 13.6. The second kappa shape index (κ2) is 9.29. The highest BCUT2D eigenvalue weighted by Crippen LogP contribution is 2.23. The van der Waals surface area contributed by atoms with E-state index in [1.165, 1.54) is 12.7 Å². The van der Waals surface area contributed by atoms with E-state index in [-0.39, 0.29) is 11.7 Å². The highest BCUT2D eigenvalue weighted by molar-refractivity contribution is 6.31. The summed E-state index contributed by atoms with van der Waals surface area (Å²) in [5, 5.41) is 12.8. The molecule has 0 radical (unpaired) electrons. The van der Waals surface area contributed by atoms with Crippen molar-refractivity contribution in [2.75, 3.05) is 13.7 Å². The average Bonchev–Trinajstić information content (AvgIpc) is 2.72. The molecule has 0 aliphatic heterocycles. The van der Waals surface area contributed by atoms with Gasteiger partial charge in [-0.3, -0.25) is 4.79 Å². The van der Waals surface area contributed by atoms with Crippen LogP contribution in [-0.4, -0.2) is 24.7 Å². The number of carbonyl (C=O) groups is 1. The van der Waals surface area contributed by atoms with Crippen molar-refractivity contribution in [2.45, 2.75) is 12.8 Å². The monoisotopic (exact) mass is 395 g/mol. The minimum atomic E-state index is -0.193. The van der Waals surface area contributed by atoms with Crippen molar-refractivity contribution >= 4 is 17.5 Å². The summed E-state index contributed by atoms with van der Waals surface area (Å²) in [4.78, 5) is 12.3. The number of methoxy groups -OCH3 is 1. The number of nitrogens with one attached hydrogen (secondary N) is 1. The average molecular weight is 396 g/mol. The Morgan fingerprint density at radius 2 is 1.64 bits per heavy atom. The van der Waals surface area contributed by atoms with Crippen LogP contribution >= 0.6 is 11.6 Å². The van der Waals surface area contributed by atoms with Crippen LogP contribution in [0.2, 0.25) is 5.02 Å². The molecule has 28 heavy (non-hydrogen) atoms. The van der Waals surface area contributed by atoms with E-state index in [9.17, 15) is 9.90 Å². The number of ether oxygens (including phenoxy) is 1. The summed E-state index contributed by atoms with van der Waals surface area (Å²) in [5.74, 6) is 0.576. The standard InChI is InChI=1S/C23H22ClNO3/c1-28-22-13-10-19(24)15-21(22)23(27)25-14-2-3-16-4-6-17(7-5-16)18-8-11-20(26)12-9-18/h4-13,15,26H,2-3,14H2,1H3,(H,25,27). The normalized spacial score (nSPS) is 10.5. The number of hydrogen-bond donors (Lipinski definition) is 2. The zero-order valence-corrected chi connectivity index (χ0v) is 16.4. The van der Waals surface area contributed by atoms with Gasteiger partial charge in [0, 0.05) is 11.6 Å². The number of phenolic OH excluding ortho intramolecular Hbond substituents is 1. The Balaban J connectivity index is 1.51. The maximum absolute atomic E-state index is 12.3. The van der Waals surface area contributed by atoms with Gasteiger partial charge in [0.2, 0.25) is 0 Å². The van der Waals surface area contributed by atoms with Gasteiger partial charge in [-0.25, -0.2) is 0 Å². The zero-order valence-electron chi connectivity index (χ0n) is 15.6. The smallest absolute Gasteiger partial charge is 0.255 e. The Kier molecular flexibility index (Phi) is 6.56. The third-order valence-electron chi connectivity index (χ3n) is 4.49. The van der Waals surface area contributed by atoms with Gasteiger partial charge in [-0.2, -0.15) is 0 Å². The lowest BCUT2D eigenvalue weighted by molar-refractivity contribution is 0.0950. The van der Waals surface area contributed by atoms with Gasteiger partial charge >= 0.3 is 0 Å². The fourth-order valence-electron chi connectivity index (χ4n) is 2.97. The maximum Gasteiger partial charge on any atom is 0.255 e. The lowest BCUT2D eigenvalue weighted by atomic mass is 10.0. The fourth-order valence-corrected chi connectivity index (χ4v) is 3.14. The second-order valence-electron chi connectivity index (χ2n) is 6.45. The van der Waals surface area contributed by atoms with Crippen LogP contribution in [0.5, 0.6) is 11.5 Å². The summed E-state index contributed by atoms with van der Waals surface area (Å²) >= 11 is 5.98. The van der Waals surface area contributed by atoms with Crippen LogP contribution in [-0.2, 0) is 6.42 Å². The van der Waals surface area contributed by atoms with E-state index < -0.39 is 0 Å². The largest absolute Gasteiger partial charge is 0.508 e. The second-order valence-corrected chi connectivity index (χ2v) is 6.88. The van der Waals surface area contributed by atoms with Gasteiger partial charge in [0.05, 0.1) is 12.7 Å². The fraction of sp³-hybridized carbons (Fsp3) is 0.174. The number of rotatable bonds is 7. The molecule has 0 spiro atoms. The lowest BCUT2D eigenvalue weighted by Gasteiger charge is -2.10. The van der Waals surface area contributed by atoms with Gasteiger partial charge < -0.3 is 15.2 Å². The molecule has 0 aliphatic rings. The van der Waals surface area contributed by atoms with E-state index in [2.05, 4.69) is 29.6 Å². The van der Waals surface area contributed by atoms with Crippen molar-refractivity contribution in [2.24, 2.45) is 0 Å². The molecule has 0 unspecified atom stereocenters. The number of phenols is 1. The Bertz CT molecular complexity index is 937. The number of amides is 1. The molecule has 0 fully saturated rings. The molecule has 4 nitrogen and oxygen atoms in total. The highest BCUT2D eigenvalue weighted by Gasteiger charge is 2.12. The summed E-state index contributed by atoms with van der Waals surface area (Å²) in [5.41, 5.74) is 3.81. The summed E-state index contributed by atoms with van der Waals surface area (Å²) in [6, 6.07) is 20.4. The van der Waals surface area contributed by atoms with Crippen molar-refractivity contribution in [1.29, 1.82) is 0 Å². The SMILES string of the molecule is COc1ccc(Cl)cc1C(=O)NCCCc1ccc(-c2ccc(O)cc2)cc1. The van der Waals surface area contributed by atoms with E-state index in [0.29, 0.717) is 22.9 Å². The first kappa shape index (κ1) is 19.8. The number of halogens is 1. The Morgan fingerprint density at radius 1 is 1.00 bits per heavy atom. The van der Waals surface area contributed by atoms with Crippen LogP contribution in [0.15, 0.2) is 66.7 Å². The quantitative estimate of drug-likeness (QED) is 0.548. The van der Waals surface area contributed by atoms with E-state index in [4.69, 9.17) is 16.3 Å². The summed E-state index contributed by atoms with van der Waals surface area (Å²) in [7, 11) is 1.53. The Hall–Kier alpha value is -2.98. The number of hydrogen-bond acceptors (Lipinski definition) is 3. The third-order valence-corrected chi connectivity index (χ3v) is 4.72. The van der Waals surface area contributed by atoms with Crippen LogP contribution in [0.4, 0.5) is 0 Å². The predicted molar refractivity (Wildman–Crippen MR) is 112 cm³/mol. The van der Waals surface area contributed by atoms with Crippen molar-refractivity contribution in [3.8, 4) is 22.6 Å². The summed E-state index contributed by atoms with van der Waals surface area (Å²) in [6.07, 6.45) is 1.69. The molecule has 3 aromatic rings. The molecule has 2 N–H and O–H groups in total. The maximum atomic E-state index is 12.3. The molecule has 5 heteroatoms. The molecule has 0 saturated heterocycles. The van der Waals surface area contributed by atoms with Crippen molar-refractivity contribution in [3.63, 3.8) is 0 Å². The van der Waals surface area contributed by atoms with Crippen LogP contribution < -0.4 is 10.1 Å². The van der Waals surface area contributed by atoms with E-state index >= 15 is 0 Å². The molecule has 0 aliphatic carbocycles. The van der Waals surface area contributed by atoms with Crippen molar-refractivity contribution < 1.29 is 14.6 Å². The van der Waals surface area contributed by atoms with E-state index in [1.807, 2.05) is 12.1 Å². The molecule has 3 aromatic carbocycles. The van der Waals surface area contributed by atoms with Gasteiger partial charge in [-0.15, -0.1) is 0 Å². The minimum absolute atomic E-state index is 0.193. The van der Waals surface area contributed by atoms with Gasteiger partial charge in [-0.1, -0.05) is 48.0 Å². The first-order valence-electron chi connectivity index (χ1n) is 9.07. The van der Waals surface area contributed by atoms with Crippen LogP contribution in [0.25, 0.3) is 11.1 Å². The number of benzene rings is 3. The highest BCUT2D eigenvalue weighted by atomic mass is 35.5. The number of carbonyl (C=O) groups excluding carboxylic acids is 1. The van der Waals surface area contributed by atoms with E-state index in [0.717, 1.165) is 24.0 Å². The van der Waals surface area contributed by atoms with Gasteiger partial charge in [0.15, 0.2) is 0 Å². The molecular formula is C23H22ClNO3. The molecule has 0 bridgehead atoms. The van der Waals surface area contributed by atoms with Gasteiger partial charge in [-0.05, 0) is 59.9 Å². The molecule has 3 rings (SSSR count). The summed E-state index contributed by atoms with van der Waals surface area (Å²) in [6.45, 7) is 0.564. The molecular weight excluding hydrogens is 374 g/mol. The minimum Gasteiger partial charge on any atom is -0.508 e. The topological polar surface area (TPSA) is 58.6 Å². The van der Waals surface area contributed by atoms with Crippen LogP contribution in [0, 0.1) is 0 Å². The third kappa shape index (κ3) is 5.05. The van der Waals surface area contributed by atoms with Crippen molar-refractivity contribution in [1.82, 2.24) is 5.32 Å². The summed E-state index contributed by atoms with van der Waals surface area (Å²) < 4.78 is 5.22. The van der Waals surface area contributed by atoms with Gasteiger partial charge in [0.1, 0.15) is 11.5 Å². The molecule has 0 saturated carbocycles. The zero-order chi connectivity index (χ0) is 19.9. The van der Waals surface area contributed by atoms with Crippen molar-refractivity contribution in [3.05, 3.63) is 82.9 Å². The molecule has 1 amide bonds. The predicted octanol–water partition coefficient (Wildman–Crippen LogP) is 5.08. The first-order valence-corrected chi connectivity index (χ1v) is 9.44. The van der Waals surface area contributed by atoms with Crippen LogP contribution in [0.3, 0.4) is 0 Å². The Labute approximate surface area is 169 Å².